The van der Waals surface area contributed by atoms with Crippen LogP contribution in [0.3, 0.4) is 0 Å². The summed E-state index contributed by atoms with van der Waals surface area (Å²) in [4.78, 5) is 12.3. The Bertz CT molecular complexity index is 971. The Labute approximate surface area is 181 Å². The van der Waals surface area contributed by atoms with Crippen LogP contribution in [0.5, 0.6) is 0 Å². The third kappa shape index (κ3) is 6.83. The number of hydrogen-bond acceptors (Lipinski definition) is 5. The van der Waals surface area contributed by atoms with Crippen LogP contribution in [0.15, 0.2) is 54.6 Å². The van der Waals surface area contributed by atoms with Crippen LogP contribution in [0.1, 0.15) is 35.2 Å². The van der Waals surface area contributed by atoms with Gasteiger partial charge in [0.15, 0.2) is 0 Å². The minimum atomic E-state index is -3.46. The summed E-state index contributed by atoms with van der Waals surface area (Å²) in [5.74, 6) is -1.27. The Morgan fingerprint density at radius 3 is 2.52 bits per heavy atom. The summed E-state index contributed by atoms with van der Waals surface area (Å²) in [6.07, 6.45) is 0.665. The number of sulfonamides is 1. The van der Waals surface area contributed by atoms with Crippen molar-refractivity contribution in [1.82, 2.24) is 10.0 Å². The summed E-state index contributed by atoms with van der Waals surface area (Å²) in [6, 6.07) is 14.1. The SMILES string of the molecule is O=C(N[C@@H]1CC[C@H](CCNS(=O)(=O)Cc2ccccc2)O[C@H]1CO)c1ccccc1F. The van der Waals surface area contributed by atoms with Gasteiger partial charge in [-0.3, -0.25) is 4.79 Å². The lowest BCUT2D eigenvalue weighted by Crippen LogP contribution is -2.51. The van der Waals surface area contributed by atoms with Gasteiger partial charge in [-0.1, -0.05) is 42.5 Å². The van der Waals surface area contributed by atoms with E-state index in [1.165, 1.54) is 18.2 Å². The van der Waals surface area contributed by atoms with E-state index in [0.717, 1.165) is 0 Å². The van der Waals surface area contributed by atoms with Crippen molar-refractivity contribution in [2.45, 2.75) is 43.3 Å². The van der Waals surface area contributed by atoms with Gasteiger partial charge in [-0.2, -0.15) is 0 Å². The largest absolute Gasteiger partial charge is 0.394 e. The Hall–Kier alpha value is -2.33. The topological polar surface area (TPSA) is 105 Å². The fourth-order valence-corrected chi connectivity index (χ4v) is 4.78. The van der Waals surface area contributed by atoms with E-state index in [-0.39, 0.29) is 30.6 Å². The first-order valence-corrected chi connectivity index (χ1v) is 11.9. The minimum absolute atomic E-state index is 0.0610. The van der Waals surface area contributed by atoms with Crippen LogP contribution in [-0.2, 0) is 20.5 Å². The molecule has 0 saturated carbocycles. The molecule has 0 unspecified atom stereocenters. The van der Waals surface area contributed by atoms with Crippen LogP contribution in [0.4, 0.5) is 4.39 Å². The fourth-order valence-electron chi connectivity index (χ4n) is 3.62. The summed E-state index contributed by atoms with van der Waals surface area (Å²) in [7, 11) is -3.46. The lowest BCUT2D eigenvalue weighted by molar-refractivity contribution is -0.0891. The summed E-state index contributed by atoms with van der Waals surface area (Å²) in [6.45, 7) is -0.0946. The molecule has 0 spiro atoms. The first-order chi connectivity index (χ1) is 14.9. The van der Waals surface area contributed by atoms with Crippen molar-refractivity contribution in [3.63, 3.8) is 0 Å². The van der Waals surface area contributed by atoms with Crippen molar-refractivity contribution in [3.05, 3.63) is 71.5 Å². The molecule has 2 aromatic rings. The zero-order valence-electron chi connectivity index (χ0n) is 17.0. The van der Waals surface area contributed by atoms with Gasteiger partial charge in [0.1, 0.15) is 11.9 Å². The number of amides is 1. The summed E-state index contributed by atoms with van der Waals surface area (Å²) >= 11 is 0. The van der Waals surface area contributed by atoms with Crippen molar-refractivity contribution in [3.8, 4) is 0 Å². The molecule has 0 radical (unpaired) electrons. The number of halogens is 1. The Morgan fingerprint density at radius 2 is 1.81 bits per heavy atom. The molecular formula is C22H27FN2O5S. The van der Waals surface area contributed by atoms with Crippen LogP contribution in [0, 0.1) is 5.82 Å². The van der Waals surface area contributed by atoms with Gasteiger partial charge in [-0.25, -0.2) is 17.5 Å². The average molecular weight is 451 g/mol. The zero-order chi connectivity index (χ0) is 22.3. The zero-order valence-corrected chi connectivity index (χ0v) is 17.9. The van der Waals surface area contributed by atoms with Crippen molar-refractivity contribution >= 4 is 15.9 Å². The van der Waals surface area contributed by atoms with Crippen molar-refractivity contribution in [2.75, 3.05) is 13.2 Å². The smallest absolute Gasteiger partial charge is 0.254 e. The Balaban J connectivity index is 1.47. The second-order valence-electron chi connectivity index (χ2n) is 7.54. The van der Waals surface area contributed by atoms with E-state index < -0.39 is 33.9 Å². The molecule has 3 rings (SSSR count). The van der Waals surface area contributed by atoms with E-state index >= 15 is 0 Å². The maximum Gasteiger partial charge on any atom is 0.254 e. The maximum atomic E-state index is 13.8. The van der Waals surface area contributed by atoms with Crippen LogP contribution >= 0.6 is 0 Å². The molecule has 168 valence electrons. The number of ether oxygens (including phenoxy) is 1. The van der Waals surface area contributed by atoms with Gasteiger partial charge >= 0.3 is 0 Å². The quantitative estimate of drug-likeness (QED) is 0.542. The molecule has 31 heavy (non-hydrogen) atoms. The van der Waals surface area contributed by atoms with Gasteiger partial charge in [0.05, 0.1) is 30.1 Å². The first-order valence-electron chi connectivity index (χ1n) is 10.2. The van der Waals surface area contributed by atoms with E-state index in [1.54, 1.807) is 30.3 Å². The summed E-state index contributed by atoms with van der Waals surface area (Å²) in [5, 5.41) is 12.4. The lowest BCUT2D eigenvalue weighted by atomic mass is 9.96. The predicted octanol–water partition coefficient (Wildman–Crippen LogP) is 1.97. The van der Waals surface area contributed by atoms with Crippen molar-refractivity contribution in [1.29, 1.82) is 0 Å². The molecule has 9 heteroatoms. The third-order valence-electron chi connectivity index (χ3n) is 5.22. The van der Waals surface area contributed by atoms with E-state index in [9.17, 15) is 22.7 Å². The fraction of sp³-hybridized carbons (Fsp3) is 0.409. The molecule has 0 aliphatic carbocycles. The second kappa shape index (κ2) is 10.8. The number of benzene rings is 2. The van der Waals surface area contributed by atoms with E-state index in [2.05, 4.69) is 10.0 Å². The van der Waals surface area contributed by atoms with Crippen molar-refractivity contribution in [2.24, 2.45) is 0 Å². The number of aliphatic hydroxyl groups is 1. The predicted molar refractivity (Wildman–Crippen MR) is 114 cm³/mol. The van der Waals surface area contributed by atoms with E-state index in [0.29, 0.717) is 24.8 Å². The van der Waals surface area contributed by atoms with Crippen LogP contribution in [-0.4, -0.2) is 50.8 Å². The standard InChI is InChI=1S/C22H27FN2O5S/c23-19-9-5-4-8-18(19)22(27)25-20-11-10-17(30-21(20)14-26)12-13-24-31(28,29)15-16-6-2-1-3-7-16/h1-9,17,20-21,24,26H,10-15H2,(H,25,27)/t17-,20-,21+/m1/s1. The molecule has 1 aliphatic heterocycles. The number of aliphatic hydroxyl groups excluding tert-OH is 1. The van der Waals surface area contributed by atoms with Crippen LogP contribution < -0.4 is 10.0 Å². The number of nitrogens with one attached hydrogen (secondary N) is 2. The minimum Gasteiger partial charge on any atom is -0.394 e. The van der Waals surface area contributed by atoms with E-state index in [1.807, 2.05) is 6.07 Å². The monoisotopic (exact) mass is 450 g/mol. The highest BCUT2D eigenvalue weighted by molar-refractivity contribution is 7.88. The molecule has 1 fully saturated rings. The molecule has 1 amide bonds. The number of carbonyl (C=O) groups excluding carboxylic acids is 1. The number of hydrogen-bond donors (Lipinski definition) is 3. The molecule has 3 N–H and O–H groups in total. The highest BCUT2D eigenvalue weighted by Crippen LogP contribution is 2.22. The van der Waals surface area contributed by atoms with Crippen LogP contribution in [0.25, 0.3) is 0 Å². The average Bonchev–Trinajstić information content (AvgIpc) is 2.75. The maximum absolute atomic E-state index is 13.8. The Kier molecular flexibility index (Phi) is 8.14. The van der Waals surface area contributed by atoms with Crippen LogP contribution in [0.2, 0.25) is 0 Å². The summed E-state index contributed by atoms with van der Waals surface area (Å²) in [5.41, 5.74) is 0.645. The number of carbonyl (C=O) groups is 1. The van der Waals surface area contributed by atoms with E-state index in [4.69, 9.17) is 4.74 Å². The van der Waals surface area contributed by atoms with Gasteiger partial charge in [0, 0.05) is 6.54 Å². The normalized spacial score (nSPS) is 21.5. The first kappa shape index (κ1) is 23.3. The molecule has 3 atom stereocenters. The van der Waals surface area contributed by atoms with Gasteiger partial charge in [0.2, 0.25) is 10.0 Å². The van der Waals surface area contributed by atoms with Crippen molar-refractivity contribution < 1.29 is 27.4 Å². The molecular weight excluding hydrogens is 423 g/mol. The third-order valence-corrected chi connectivity index (χ3v) is 6.58. The van der Waals surface area contributed by atoms with Gasteiger partial charge in [-0.15, -0.1) is 0 Å². The Morgan fingerprint density at radius 1 is 1.10 bits per heavy atom. The van der Waals surface area contributed by atoms with Gasteiger partial charge in [-0.05, 0) is 37.0 Å². The molecule has 1 saturated heterocycles. The molecule has 1 heterocycles. The highest BCUT2D eigenvalue weighted by Gasteiger charge is 2.32. The van der Waals surface area contributed by atoms with Gasteiger partial charge < -0.3 is 15.2 Å². The summed E-state index contributed by atoms with van der Waals surface area (Å²) < 4.78 is 46.7. The molecule has 0 bridgehead atoms. The lowest BCUT2D eigenvalue weighted by Gasteiger charge is -2.36. The molecule has 7 nitrogen and oxygen atoms in total. The van der Waals surface area contributed by atoms with Gasteiger partial charge in [0.25, 0.3) is 5.91 Å². The highest BCUT2D eigenvalue weighted by atomic mass is 32.2. The number of rotatable bonds is 9. The molecule has 2 aromatic carbocycles. The molecule has 0 aromatic heterocycles. The second-order valence-corrected chi connectivity index (χ2v) is 9.35. The molecule has 1 aliphatic rings.